The minimum Gasteiger partial charge on any atom is -0.337 e. The lowest BCUT2D eigenvalue weighted by molar-refractivity contribution is 1.12. The van der Waals surface area contributed by atoms with Crippen molar-refractivity contribution in [3.8, 4) is 0 Å². The topological polar surface area (TPSA) is 53.6 Å². The summed E-state index contributed by atoms with van der Waals surface area (Å²) in [6.45, 7) is 2.06. The predicted molar refractivity (Wildman–Crippen MR) is 68.4 cm³/mol. The van der Waals surface area contributed by atoms with Crippen molar-refractivity contribution in [3.05, 3.63) is 48.2 Å². The Hall–Kier alpha value is -2.36. The van der Waals surface area contributed by atoms with Gasteiger partial charge in [-0.05, 0) is 31.2 Å². The fourth-order valence-corrected chi connectivity index (χ4v) is 1.71. The van der Waals surface area contributed by atoms with Crippen LogP contribution in [0, 0.1) is 6.92 Å². The molecule has 2 heterocycles. The third-order valence-electron chi connectivity index (χ3n) is 2.63. The summed E-state index contributed by atoms with van der Waals surface area (Å²) in [5.74, 6) is 0.754. The lowest BCUT2D eigenvalue weighted by atomic mass is 10.2. The van der Waals surface area contributed by atoms with Crippen molar-refractivity contribution in [2.24, 2.45) is 0 Å². The normalized spacial score (nSPS) is 10.6. The molecule has 0 atom stereocenters. The molecular weight excluding hydrogens is 212 g/mol. The van der Waals surface area contributed by atoms with Crippen LogP contribution < -0.4 is 5.32 Å². The Labute approximate surface area is 98.7 Å². The van der Waals surface area contributed by atoms with E-state index in [2.05, 4.69) is 39.6 Å². The zero-order chi connectivity index (χ0) is 11.7. The quantitative estimate of drug-likeness (QED) is 0.703. The van der Waals surface area contributed by atoms with E-state index in [-0.39, 0.29) is 0 Å². The van der Waals surface area contributed by atoms with Gasteiger partial charge in [-0.25, -0.2) is 0 Å². The summed E-state index contributed by atoms with van der Waals surface area (Å²) in [6.07, 6.45) is 1.76. The number of anilines is 2. The number of hydrogen-bond acceptors (Lipinski definition) is 3. The highest BCUT2D eigenvalue weighted by atomic mass is 15.2. The minimum atomic E-state index is 0.754. The number of aromatic amines is 1. The summed E-state index contributed by atoms with van der Waals surface area (Å²) in [7, 11) is 0. The minimum absolute atomic E-state index is 0.754. The Balaban J connectivity index is 1.97. The molecule has 2 aromatic heterocycles. The molecule has 0 unspecified atom stereocenters. The second-order valence-electron chi connectivity index (χ2n) is 3.96. The summed E-state index contributed by atoms with van der Waals surface area (Å²) in [5, 5.41) is 10.4. The molecule has 0 aliphatic heterocycles. The molecule has 0 spiro atoms. The van der Waals surface area contributed by atoms with Crippen molar-refractivity contribution in [1.82, 2.24) is 15.2 Å². The van der Waals surface area contributed by atoms with Crippen molar-refractivity contribution in [3.63, 3.8) is 0 Å². The zero-order valence-electron chi connectivity index (χ0n) is 9.44. The first-order valence-electron chi connectivity index (χ1n) is 5.46. The second-order valence-corrected chi connectivity index (χ2v) is 3.96. The highest BCUT2D eigenvalue weighted by molar-refractivity contribution is 5.87. The van der Waals surface area contributed by atoms with Crippen LogP contribution in [0.3, 0.4) is 0 Å². The van der Waals surface area contributed by atoms with Crippen LogP contribution in [0.5, 0.6) is 0 Å². The molecule has 1 aromatic carbocycles. The van der Waals surface area contributed by atoms with Crippen LogP contribution in [0.2, 0.25) is 0 Å². The van der Waals surface area contributed by atoms with Gasteiger partial charge in [0, 0.05) is 11.9 Å². The van der Waals surface area contributed by atoms with Gasteiger partial charge in [-0.2, -0.15) is 5.10 Å². The Morgan fingerprint density at radius 2 is 1.94 bits per heavy atom. The summed E-state index contributed by atoms with van der Waals surface area (Å²) >= 11 is 0. The van der Waals surface area contributed by atoms with Gasteiger partial charge >= 0.3 is 0 Å². The molecule has 0 aliphatic carbocycles. The van der Waals surface area contributed by atoms with E-state index in [1.807, 2.05) is 24.3 Å². The highest BCUT2D eigenvalue weighted by Crippen LogP contribution is 2.21. The van der Waals surface area contributed by atoms with Gasteiger partial charge in [0.05, 0.1) is 5.52 Å². The molecule has 3 rings (SSSR count). The molecule has 17 heavy (non-hydrogen) atoms. The number of benzene rings is 1. The molecule has 4 nitrogen and oxygen atoms in total. The Morgan fingerprint density at radius 3 is 2.76 bits per heavy atom. The summed E-state index contributed by atoms with van der Waals surface area (Å²) < 4.78 is 0. The Kier molecular flexibility index (Phi) is 2.26. The van der Waals surface area contributed by atoms with Crippen LogP contribution in [-0.2, 0) is 0 Å². The van der Waals surface area contributed by atoms with Gasteiger partial charge in [0.15, 0.2) is 5.82 Å². The monoisotopic (exact) mass is 224 g/mol. The molecule has 0 bridgehead atoms. The van der Waals surface area contributed by atoms with Gasteiger partial charge in [0.2, 0.25) is 0 Å². The number of H-pyrrole nitrogens is 1. The third kappa shape index (κ3) is 1.85. The maximum absolute atomic E-state index is 4.30. The molecule has 84 valence electrons. The van der Waals surface area contributed by atoms with Crippen LogP contribution in [0.4, 0.5) is 11.5 Å². The SMILES string of the molecule is Cc1ccc(Nc2n[nH]c3cccnc23)cc1. The predicted octanol–water partition coefficient (Wildman–Crippen LogP) is 3.01. The maximum Gasteiger partial charge on any atom is 0.178 e. The van der Waals surface area contributed by atoms with Crippen molar-refractivity contribution < 1.29 is 0 Å². The molecule has 4 heteroatoms. The van der Waals surface area contributed by atoms with Gasteiger partial charge in [0.25, 0.3) is 0 Å². The number of aromatic nitrogens is 3. The smallest absolute Gasteiger partial charge is 0.178 e. The van der Waals surface area contributed by atoms with E-state index in [1.54, 1.807) is 6.20 Å². The average Bonchev–Trinajstić information content (AvgIpc) is 2.76. The average molecular weight is 224 g/mol. The molecular formula is C13H12N4. The van der Waals surface area contributed by atoms with Gasteiger partial charge in [-0.15, -0.1) is 0 Å². The summed E-state index contributed by atoms with van der Waals surface area (Å²) in [4.78, 5) is 4.30. The van der Waals surface area contributed by atoms with Crippen molar-refractivity contribution >= 4 is 22.5 Å². The fraction of sp³-hybridized carbons (Fsp3) is 0.0769. The Morgan fingerprint density at radius 1 is 1.12 bits per heavy atom. The number of fused-ring (bicyclic) bond motifs is 1. The van der Waals surface area contributed by atoms with Gasteiger partial charge < -0.3 is 5.32 Å². The van der Waals surface area contributed by atoms with Crippen LogP contribution in [-0.4, -0.2) is 15.2 Å². The molecule has 0 aliphatic rings. The van der Waals surface area contributed by atoms with Gasteiger partial charge in [-0.3, -0.25) is 10.1 Å². The molecule has 0 fully saturated rings. The summed E-state index contributed by atoms with van der Waals surface area (Å²) in [5.41, 5.74) is 4.03. The maximum atomic E-state index is 4.30. The van der Waals surface area contributed by atoms with E-state index in [0.717, 1.165) is 22.5 Å². The number of rotatable bonds is 2. The first kappa shape index (κ1) is 9.84. The number of pyridine rings is 1. The third-order valence-corrected chi connectivity index (χ3v) is 2.63. The van der Waals surface area contributed by atoms with Crippen molar-refractivity contribution in [2.45, 2.75) is 6.92 Å². The first-order valence-corrected chi connectivity index (χ1v) is 5.46. The number of hydrogen-bond donors (Lipinski definition) is 2. The lowest BCUT2D eigenvalue weighted by Gasteiger charge is -2.03. The lowest BCUT2D eigenvalue weighted by Crippen LogP contribution is -1.91. The number of aryl methyl sites for hydroxylation is 1. The van der Waals surface area contributed by atoms with Crippen molar-refractivity contribution in [2.75, 3.05) is 5.32 Å². The van der Waals surface area contributed by atoms with E-state index in [0.29, 0.717) is 0 Å². The molecule has 0 saturated carbocycles. The summed E-state index contributed by atoms with van der Waals surface area (Å²) in [6, 6.07) is 12.0. The van der Waals surface area contributed by atoms with Crippen LogP contribution in [0.25, 0.3) is 11.0 Å². The molecule has 0 amide bonds. The Bertz CT molecular complexity index is 640. The van der Waals surface area contributed by atoms with Crippen LogP contribution in [0.1, 0.15) is 5.56 Å². The van der Waals surface area contributed by atoms with Crippen LogP contribution in [0.15, 0.2) is 42.6 Å². The number of nitrogens with one attached hydrogen (secondary N) is 2. The van der Waals surface area contributed by atoms with E-state index in [4.69, 9.17) is 0 Å². The van der Waals surface area contributed by atoms with Gasteiger partial charge in [0.1, 0.15) is 5.52 Å². The molecule has 2 N–H and O–H groups in total. The number of nitrogens with zero attached hydrogens (tertiary/aromatic N) is 2. The van der Waals surface area contributed by atoms with E-state index >= 15 is 0 Å². The fourth-order valence-electron chi connectivity index (χ4n) is 1.71. The largest absolute Gasteiger partial charge is 0.337 e. The van der Waals surface area contributed by atoms with Gasteiger partial charge in [-0.1, -0.05) is 17.7 Å². The standard InChI is InChI=1S/C13H12N4/c1-9-4-6-10(7-5-9)15-13-12-11(16-17-13)3-2-8-14-12/h2-8H,1H3,(H2,15,16,17). The van der Waals surface area contributed by atoms with E-state index < -0.39 is 0 Å². The molecule has 0 radical (unpaired) electrons. The second kappa shape index (κ2) is 3.90. The zero-order valence-corrected chi connectivity index (χ0v) is 9.44. The van der Waals surface area contributed by atoms with Crippen molar-refractivity contribution in [1.29, 1.82) is 0 Å². The molecule has 3 aromatic rings. The van der Waals surface area contributed by atoms with Crippen LogP contribution >= 0.6 is 0 Å². The van der Waals surface area contributed by atoms with E-state index in [9.17, 15) is 0 Å². The highest BCUT2D eigenvalue weighted by Gasteiger charge is 2.05. The first-order chi connectivity index (χ1) is 8.33. The van der Waals surface area contributed by atoms with E-state index in [1.165, 1.54) is 5.56 Å². The molecule has 0 saturated heterocycles.